The molecule has 2 aromatic carbocycles. The van der Waals surface area contributed by atoms with Crippen LogP contribution in [-0.4, -0.2) is 31.0 Å². The number of nitrogens with zero attached hydrogens (tertiary/aromatic N) is 3. The van der Waals surface area contributed by atoms with E-state index < -0.39 is 14.8 Å². The molecule has 0 heterocycles. The molecule has 0 saturated carbocycles. The smallest absolute Gasteiger partial charge is 0.279 e. The van der Waals surface area contributed by atoms with Crippen LogP contribution in [0.15, 0.2) is 63.6 Å². The predicted molar refractivity (Wildman–Crippen MR) is 103 cm³/mol. The van der Waals surface area contributed by atoms with Crippen LogP contribution in [0.2, 0.25) is 0 Å². The number of nitro benzene ring substituents is 1. The minimum absolute atomic E-state index is 0.131. The molecule has 0 unspecified atom stereocenters. The first-order chi connectivity index (χ1) is 12.3. The molecular formula is C16H16N4O4S2. The molecule has 0 spiro atoms. The standard InChI is InChI=1S/C16H16N4O4S2/c1-26(23,24)14-8-7-13(15(9-14)20(21)22)10-18-19-16(17)25-11-12-5-3-2-4-6-12/h2-10H,11H2,1H3,(H2,17,19). The van der Waals surface area contributed by atoms with Gasteiger partial charge < -0.3 is 5.73 Å². The Morgan fingerprint density at radius 2 is 1.96 bits per heavy atom. The van der Waals surface area contributed by atoms with Gasteiger partial charge in [0.25, 0.3) is 5.69 Å². The minimum atomic E-state index is -3.54. The Labute approximate surface area is 154 Å². The number of nitrogens with two attached hydrogens (primary N) is 1. The zero-order chi connectivity index (χ0) is 19.2. The lowest BCUT2D eigenvalue weighted by molar-refractivity contribution is -0.385. The first-order valence-corrected chi connectivity index (χ1v) is 10.2. The highest BCUT2D eigenvalue weighted by Crippen LogP contribution is 2.22. The van der Waals surface area contributed by atoms with Crippen LogP contribution in [0.5, 0.6) is 0 Å². The second-order valence-corrected chi connectivity index (χ2v) is 8.22. The quantitative estimate of drug-likeness (QED) is 0.348. The summed E-state index contributed by atoms with van der Waals surface area (Å²) in [6, 6.07) is 13.2. The van der Waals surface area contributed by atoms with E-state index in [-0.39, 0.29) is 21.3 Å². The summed E-state index contributed by atoms with van der Waals surface area (Å²) < 4.78 is 23.0. The molecule has 136 valence electrons. The number of nitro groups is 1. The highest BCUT2D eigenvalue weighted by Gasteiger charge is 2.17. The van der Waals surface area contributed by atoms with Crippen LogP contribution in [0.3, 0.4) is 0 Å². The Bertz CT molecular complexity index is 957. The Morgan fingerprint density at radius 3 is 2.58 bits per heavy atom. The fraction of sp³-hybridized carbons (Fsp3) is 0.125. The molecule has 0 fully saturated rings. The van der Waals surface area contributed by atoms with Gasteiger partial charge >= 0.3 is 0 Å². The van der Waals surface area contributed by atoms with Crippen molar-refractivity contribution in [3.05, 3.63) is 69.8 Å². The minimum Gasteiger partial charge on any atom is -0.377 e. The van der Waals surface area contributed by atoms with Crippen LogP contribution >= 0.6 is 11.8 Å². The molecule has 2 aromatic rings. The molecule has 8 nitrogen and oxygen atoms in total. The Hall–Kier alpha value is -2.72. The highest BCUT2D eigenvalue weighted by atomic mass is 32.2. The average molecular weight is 392 g/mol. The van der Waals surface area contributed by atoms with E-state index in [9.17, 15) is 18.5 Å². The fourth-order valence-corrected chi connectivity index (χ4v) is 3.18. The number of benzene rings is 2. The van der Waals surface area contributed by atoms with Crippen molar-refractivity contribution in [2.45, 2.75) is 10.6 Å². The van der Waals surface area contributed by atoms with Crippen molar-refractivity contribution in [2.24, 2.45) is 15.9 Å². The summed E-state index contributed by atoms with van der Waals surface area (Å²) in [5, 5.41) is 18.9. The number of rotatable bonds is 6. The highest BCUT2D eigenvalue weighted by molar-refractivity contribution is 8.13. The van der Waals surface area contributed by atoms with Gasteiger partial charge in [0.2, 0.25) is 0 Å². The van der Waals surface area contributed by atoms with E-state index >= 15 is 0 Å². The molecular weight excluding hydrogens is 376 g/mol. The van der Waals surface area contributed by atoms with Gasteiger partial charge in [-0.25, -0.2) is 8.42 Å². The van der Waals surface area contributed by atoms with E-state index in [2.05, 4.69) is 10.2 Å². The lowest BCUT2D eigenvalue weighted by Crippen LogP contribution is -2.06. The monoisotopic (exact) mass is 392 g/mol. The largest absolute Gasteiger partial charge is 0.377 e. The molecule has 0 radical (unpaired) electrons. The lowest BCUT2D eigenvalue weighted by Gasteiger charge is -2.01. The second-order valence-electron chi connectivity index (χ2n) is 5.21. The molecule has 2 rings (SSSR count). The van der Waals surface area contributed by atoms with E-state index in [1.54, 1.807) is 0 Å². The Balaban J connectivity index is 2.12. The maximum Gasteiger partial charge on any atom is 0.279 e. The van der Waals surface area contributed by atoms with Crippen molar-refractivity contribution < 1.29 is 13.3 Å². The molecule has 0 amide bonds. The van der Waals surface area contributed by atoms with Crippen molar-refractivity contribution in [3.8, 4) is 0 Å². The van der Waals surface area contributed by atoms with Gasteiger partial charge in [0.1, 0.15) is 0 Å². The normalized spacial score (nSPS) is 12.4. The average Bonchev–Trinajstić information content (AvgIpc) is 2.60. The van der Waals surface area contributed by atoms with E-state index in [1.165, 1.54) is 30.1 Å². The lowest BCUT2D eigenvalue weighted by atomic mass is 10.2. The van der Waals surface area contributed by atoms with Gasteiger partial charge in [-0.15, -0.1) is 5.10 Å². The van der Waals surface area contributed by atoms with Crippen molar-refractivity contribution in [1.29, 1.82) is 0 Å². The molecule has 26 heavy (non-hydrogen) atoms. The van der Waals surface area contributed by atoms with Gasteiger partial charge in [0.05, 0.1) is 21.6 Å². The molecule has 2 N–H and O–H groups in total. The zero-order valence-electron chi connectivity index (χ0n) is 13.8. The predicted octanol–water partition coefficient (Wildman–Crippen LogP) is 2.58. The maximum absolute atomic E-state index is 11.5. The summed E-state index contributed by atoms with van der Waals surface area (Å²) in [5.74, 6) is 0.620. The van der Waals surface area contributed by atoms with Gasteiger partial charge in [-0.05, 0) is 17.7 Å². The number of amidine groups is 1. The van der Waals surface area contributed by atoms with E-state index in [0.29, 0.717) is 5.75 Å². The van der Waals surface area contributed by atoms with Crippen LogP contribution in [0, 0.1) is 10.1 Å². The van der Waals surface area contributed by atoms with E-state index in [1.807, 2.05) is 30.3 Å². The third-order valence-corrected chi connectivity index (χ3v) is 5.17. The third-order valence-electron chi connectivity index (χ3n) is 3.21. The Morgan fingerprint density at radius 1 is 1.27 bits per heavy atom. The topological polar surface area (TPSA) is 128 Å². The van der Waals surface area contributed by atoms with Gasteiger partial charge in [-0.2, -0.15) is 5.10 Å². The van der Waals surface area contributed by atoms with E-state index in [4.69, 9.17) is 5.73 Å². The third kappa shape index (κ3) is 5.67. The van der Waals surface area contributed by atoms with Gasteiger partial charge in [-0.1, -0.05) is 42.1 Å². The summed E-state index contributed by atoms with van der Waals surface area (Å²) in [4.78, 5) is 10.3. The van der Waals surface area contributed by atoms with Crippen LogP contribution in [-0.2, 0) is 15.6 Å². The summed E-state index contributed by atoms with van der Waals surface area (Å²) in [7, 11) is -3.54. The molecule has 0 aliphatic heterocycles. The second kappa shape index (κ2) is 8.59. The molecule has 0 bridgehead atoms. The van der Waals surface area contributed by atoms with Crippen molar-refractivity contribution in [3.63, 3.8) is 0 Å². The van der Waals surface area contributed by atoms with Crippen LogP contribution in [0.4, 0.5) is 5.69 Å². The van der Waals surface area contributed by atoms with Gasteiger partial charge in [0, 0.05) is 18.1 Å². The number of hydrogen-bond donors (Lipinski definition) is 1. The summed E-state index contributed by atoms with van der Waals surface area (Å²) in [6.45, 7) is 0. The molecule has 0 aliphatic rings. The maximum atomic E-state index is 11.5. The van der Waals surface area contributed by atoms with Crippen LogP contribution in [0.25, 0.3) is 0 Å². The van der Waals surface area contributed by atoms with Crippen molar-refractivity contribution in [2.75, 3.05) is 6.26 Å². The Kier molecular flexibility index (Phi) is 6.47. The number of hydrogen-bond acceptors (Lipinski definition) is 7. The zero-order valence-corrected chi connectivity index (χ0v) is 15.4. The summed E-state index contributed by atoms with van der Waals surface area (Å²) >= 11 is 1.28. The molecule has 0 saturated heterocycles. The fourth-order valence-electron chi connectivity index (χ4n) is 1.93. The molecule has 10 heteroatoms. The first kappa shape index (κ1) is 19.6. The summed E-state index contributed by atoms with van der Waals surface area (Å²) in [6.07, 6.45) is 2.15. The van der Waals surface area contributed by atoms with Gasteiger partial charge in [0.15, 0.2) is 15.0 Å². The molecule has 0 aliphatic carbocycles. The van der Waals surface area contributed by atoms with Crippen molar-refractivity contribution >= 4 is 38.7 Å². The van der Waals surface area contributed by atoms with Crippen LogP contribution in [0.1, 0.15) is 11.1 Å². The molecule has 0 atom stereocenters. The van der Waals surface area contributed by atoms with Crippen LogP contribution < -0.4 is 5.73 Å². The molecule has 0 aromatic heterocycles. The number of thioether (sulfide) groups is 1. The SMILES string of the molecule is CS(=O)(=O)c1ccc(C=NN=C(N)SCc2ccccc2)c([N+](=O)[O-])c1. The van der Waals surface area contributed by atoms with E-state index in [0.717, 1.165) is 17.9 Å². The number of sulfone groups is 1. The van der Waals surface area contributed by atoms with Crippen molar-refractivity contribution in [1.82, 2.24) is 0 Å². The van der Waals surface area contributed by atoms with Gasteiger partial charge in [-0.3, -0.25) is 10.1 Å². The first-order valence-electron chi connectivity index (χ1n) is 7.29. The summed E-state index contributed by atoms with van der Waals surface area (Å²) in [5.41, 5.74) is 6.59.